The first-order valence-corrected chi connectivity index (χ1v) is 5.53. The van der Waals surface area contributed by atoms with Crippen molar-refractivity contribution in [2.75, 3.05) is 0 Å². The van der Waals surface area contributed by atoms with Gasteiger partial charge in [0.05, 0.1) is 7.05 Å². The highest BCUT2D eigenvalue weighted by molar-refractivity contribution is 5.42. The summed E-state index contributed by atoms with van der Waals surface area (Å²) in [7, 11) is 1.80. The lowest BCUT2D eigenvalue weighted by atomic mass is 10.1. The van der Waals surface area contributed by atoms with E-state index in [0.717, 1.165) is 11.9 Å². The molecule has 0 amide bonds. The lowest BCUT2D eigenvalue weighted by Gasteiger charge is -2.12. The van der Waals surface area contributed by atoms with E-state index in [-0.39, 0.29) is 5.69 Å². The summed E-state index contributed by atoms with van der Waals surface area (Å²) in [6.07, 6.45) is -0.967. The molecule has 1 heterocycles. The molecule has 0 saturated carbocycles. The van der Waals surface area contributed by atoms with Crippen LogP contribution in [0.4, 0.5) is 13.2 Å². The average molecular weight is 255 g/mol. The minimum absolute atomic E-state index is 0.197. The minimum atomic E-state index is -4.35. The number of aromatic nitrogens is 2. The summed E-state index contributed by atoms with van der Waals surface area (Å²) in [5.41, 5.74) is 0.189. The highest BCUT2D eigenvalue weighted by Crippen LogP contribution is 2.33. The Morgan fingerprint density at radius 2 is 1.83 bits per heavy atom. The van der Waals surface area contributed by atoms with E-state index >= 15 is 0 Å². The zero-order valence-electron chi connectivity index (χ0n) is 10.4. The molecule has 0 aliphatic carbocycles. The number of alkyl halides is 3. The van der Waals surface area contributed by atoms with Crippen LogP contribution in [0.2, 0.25) is 0 Å². The number of hydrogen-bond acceptors (Lipinski definition) is 0. The normalized spacial score (nSPS) is 11.9. The fourth-order valence-electron chi connectivity index (χ4n) is 2.00. The van der Waals surface area contributed by atoms with Crippen molar-refractivity contribution in [2.45, 2.75) is 20.0 Å². The number of aryl methyl sites for hydroxylation is 2. The first kappa shape index (κ1) is 12.7. The molecule has 0 bridgehead atoms. The monoisotopic (exact) mass is 255 g/mol. The third-order valence-corrected chi connectivity index (χ3v) is 3.08. The van der Waals surface area contributed by atoms with E-state index in [2.05, 4.69) is 0 Å². The van der Waals surface area contributed by atoms with Crippen molar-refractivity contribution < 1.29 is 17.7 Å². The Morgan fingerprint density at radius 3 is 2.33 bits per heavy atom. The van der Waals surface area contributed by atoms with Crippen LogP contribution in [0.15, 0.2) is 30.6 Å². The van der Waals surface area contributed by atoms with Gasteiger partial charge in [-0.15, -0.1) is 0 Å². The van der Waals surface area contributed by atoms with Gasteiger partial charge < -0.3 is 0 Å². The Labute approximate surface area is 103 Å². The number of imidazole rings is 1. The van der Waals surface area contributed by atoms with Crippen molar-refractivity contribution in [3.8, 4) is 5.69 Å². The van der Waals surface area contributed by atoms with Crippen LogP contribution in [0.25, 0.3) is 5.69 Å². The van der Waals surface area contributed by atoms with Gasteiger partial charge in [0.1, 0.15) is 23.6 Å². The number of para-hydroxylation sites is 1. The van der Waals surface area contributed by atoms with E-state index in [4.69, 9.17) is 0 Å². The van der Waals surface area contributed by atoms with E-state index in [9.17, 15) is 13.2 Å². The Bertz CT molecular complexity index is 582. The molecular formula is C13H14F3N2+. The van der Waals surface area contributed by atoms with E-state index < -0.39 is 11.7 Å². The zero-order chi connectivity index (χ0) is 13.5. The van der Waals surface area contributed by atoms with E-state index in [1.54, 1.807) is 48.5 Å². The molecule has 0 saturated heterocycles. The van der Waals surface area contributed by atoms with Crippen molar-refractivity contribution in [3.63, 3.8) is 0 Å². The van der Waals surface area contributed by atoms with Gasteiger partial charge in [-0.3, -0.25) is 0 Å². The van der Waals surface area contributed by atoms with Crippen molar-refractivity contribution in [1.82, 2.24) is 4.57 Å². The number of nitrogens with zero attached hydrogens (tertiary/aromatic N) is 2. The molecule has 0 fully saturated rings. The van der Waals surface area contributed by atoms with E-state index in [0.29, 0.717) is 5.56 Å². The maximum Gasteiger partial charge on any atom is 0.420 e. The minimum Gasteiger partial charge on any atom is -0.237 e. The van der Waals surface area contributed by atoms with Crippen LogP contribution < -0.4 is 4.57 Å². The van der Waals surface area contributed by atoms with Crippen LogP contribution in [0, 0.1) is 13.8 Å². The second kappa shape index (κ2) is 4.15. The van der Waals surface area contributed by atoms with Crippen LogP contribution in [0.1, 0.15) is 17.0 Å². The number of rotatable bonds is 1. The van der Waals surface area contributed by atoms with Gasteiger partial charge in [-0.25, -0.2) is 4.57 Å². The van der Waals surface area contributed by atoms with Gasteiger partial charge in [0.2, 0.25) is 0 Å². The van der Waals surface area contributed by atoms with Crippen molar-refractivity contribution in [2.24, 2.45) is 7.05 Å². The highest BCUT2D eigenvalue weighted by atomic mass is 19.4. The third-order valence-electron chi connectivity index (χ3n) is 3.08. The molecule has 0 unspecified atom stereocenters. The molecule has 0 aliphatic rings. The molecule has 0 spiro atoms. The molecule has 0 N–H and O–H groups in total. The molecule has 1 aromatic carbocycles. The molecule has 96 valence electrons. The summed E-state index contributed by atoms with van der Waals surface area (Å²) in [5, 5.41) is 0. The first-order chi connectivity index (χ1) is 8.32. The van der Waals surface area contributed by atoms with Crippen molar-refractivity contribution in [3.05, 3.63) is 47.5 Å². The quantitative estimate of drug-likeness (QED) is 0.693. The molecular weight excluding hydrogens is 241 g/mol. The summed E-state index contributed by atoms with van der Waals surface area (Å²) >= 11 is 0. The lowest BCUT2D eigenvalue weighted by molar-refractivity contribution is -0.604. The summed E-state index contributed by atoms with van der Waals surface area (Å²) in [5.74, 6) is 0.745. The van der Waals surface area contributed by atoms with Crippen LogP contribution in [0.5, 0.6) is 0 Å². The van der Waals surface area contributed by atoms with Crippen LogP contribution in [-0.2, 0) is 13.2 Å². The van der Waals surface area contributed by atoms with Gasteiger partial charge >= 0.3 is 6.18 Å². The summed E-state index contributed by atoms with van der Waals surface area (Å²) in [4.78, 5) is 0. The summed E-state index contributed by atoms with van der Waals surface area (Å²) in [6, 6.07) is 4.23. The van der Waals surface area contributed by atoms with Crippen LogP contribution in [-0.4, -0.2) is 4.57 Å². The Morgan fingerprint density at radius 1 is 1.17 bits per heavy atom. The van der Waals surface area contributed by atoms with Gasteiger partial charge in [-0.05, 0) is 18.6 Å². The predicted molar refractivity (Wildman–Crippen MR) is 61.4 cm³/mol. The molecule has 0 atom stereocenters. The molecule has 5 heteroatoms. The Kier molecular flexibility index (Phi) is 2.92. The molecule has 0 aliphatic heterocycles. The van der Waals surface area contributed by atoms with Gasteiger partial charge in [-0.2, -0.15) is 17.7 Å². The smallest absolute Gasteiger partial charge is 0.237 e. The van der Waals surface area contributed by atoms with E-state index in [1.165, 1.54) is 6.07 Å². The van der Waals surface area contributed by atoms with Gasteiger partial charge in [0, 0.05) is 6.92 Å². The standard InChI is InChI=1S/C13H14F3N2/c1-9-5-4-6-11(13(14,15)16)12(9)18-8-7-17(3)10(18)2/h4-8H,1-3H3/q+1. The van der Waals surface area contributed by atoms with Gasteiger partial charge in [0.15, 0.2) is 0 Å². The molecule has 0 radical (unpaired) electrons. The van der Waals surface area contributed by atoms with Crippen LogP contribution in [0.3, 0.4) is 0 Å². The lowest BCUT2D eigenvalue weighted by Crippen LogP contribution is -2.36. The Balaban J connectivity index is 2.74. The molecule has 2 nitrogen and oxygen atoms in total. The number of hydrogen-bond donors (Lipinski definition) is 0. The predicted octanol–water partition coefficient (Wildman–Crippen LogP) is 2.94. The molecule has 2 aromatic rings. The molecule has 1 aromatic heterocycles. The second-order valence-electron chi connectivity index (χ2n) is 4.30. The van der Waals surface area contributed by atoms with Crippen molar-refractivity contribution in [1.29, 1.82) is 0 Å². The molecule has 18 heavy (non-hydrogen) atoms. The summed E-state index contributed by atoms with van der Waals surface area (Å²) < 4.78 is 42.4. The second-order valence-corrected chi connectivity index (χ2v) is 4.30. The fraction of sp³-hybridized carbons (Fsp3) is 0.308. The SMILES string of the molecule is Cc1cccc(C(F)(F)F)c1-[n+]1ccn(C)c1C. The van der Waals surface area contributed by atoms with Crippen molar-refractivity contribution >= 4 is 0 Å². The number of halogens is 3. The Hall–Kier alpha value is -1.78. The first-order valence-electron chi connectivity index (χ1n) is 5.53. The fourth-order valence-corrected chi connectivity index (χ4v) is 2.00. The van der Waals surface area contributed by atoms with E-state index in [1.807, 2.05) is 0 Å². The highest BCUT2D eigenvalue weighted by Gasteiger charge is 2.36. The average Bonchev–Trinajstić information content (AvgIpc) is 2.59. The third kappa shape index (κ3) is 2.00. The topological polar surface area (TPSA) is 8.81 Å². The largest absolute Gasteiger partial charge is 0.420 e. The van der Waals surface area contributed by atoms with Crippen LogP contribution >= 0.6 is 0 Å². The maximum atomic E-state index is 13.0. The molecule has 2 rings (SSSR count). The maximum absolute atomic E-state index is 13.0. The number of benzene rings is 1. The van der Waals surface area contributed by atoms with Gasteiger partial charge in [-0.1, -0.05) is 12.1 Å². The van der Waals surface area contributed by atoms with Gasteiger partial charge in [0.25, 0.3) is 5.82 Å². The zero-order valence-corrected chi connectivity index (χ0v) is 10.4. The summed E-state index contributed by atoms with van der Waals surface area (Å²) in [6.45, 7) is 3.47.